The SMILES string of the molecule is CN1C(=S)N[C@H](c2ccccn2)[C@H]1c1cccn1C[C@@H]1CCCO1. The van der Waals surface area contributed by atoms with Crippen LogP contribution in [0.25, 0.3) is 0 Å². The molecule has 1 N–H and O–H groups in total. The van der Waals surface area contributed by atoms with Gasteiger partial charge in [-0.25, -0.2) is 0 Å². The van der Waals surface area contributed by atoms with Gasteiger partial charge in [-0.15, -0.1) is 0 Å². The predicted molar refractivity (Wildman–Crippen MR) is 96.6 cm³/mol. The van der Waals surface area contributed by atoms with Crippen LogP contribution in [0.4, 0.5) is 0 Å². The number of nitrogens with one attached hydrogen (secondary N) is 1. The zero-order valence-corrected chi connectivity index (χ0v) is 14.6. The number of aromatic nitrogens is 2. The van der Waals surface area contributed by atoms with Gasteiger partial charge in [-0.05, 0) is 49.3 Å². The van der Waals surface area contributed by atoms with Gasteiger partial charge in [-0.2, -0.15) is 0 Å². The van der Waals surface area contributed by atoms with Crippen molar-refractivity contribution in [1.82, 2.24) is 19.8 Å². The Morgan fingerprint density at radius 2 is 2.25 bits per heavy atom. The summed E-state index contributed by atoms with van der Waals surface area (Å²) in [5.41, 5.74) is 2.26. The Balaban J connectivity index is 1.65. The first-order valence-electron chi connectivity index (χ1n) is 8.45. The molecular formula is C18H22N4OS. The first-order chi connectivity index (χ1) is 11.7. The van der Waals surface area contributed by atoms with Gasteiger partial charge in [0.1, 0.15) is 0 Å². The minimum Gasteiger partial charge on any atom is -0.376 e. The quantitative estimate of drug-likeness (QED) is 0.866. The van der Waals surface area contributed by atoms with E-state index in [1.807, 2.05) is 25.4 Å². The fourth-order valence-corrected chi connectivity index (χ4v) is 3.94. The molecular weight excluding hydrogens is 320 g/mol. The van der Waals surface area contributed by atoms with E-state index in [0.29, 0.717) is 6.10 Å². The van der Waals surface area contributed by atoms with Crippen molar-refractivity contribution in [3.05, 3.63) is 54.1 Å². The van der Waals surface area contributed by atoms with Gasteiger partial charge >= 0.3 is 0 Å². The average Bonchev–Trinajstić information content (AvgIpc) is 3.32. The summed E-state index contributed by atoms with van der Waals surface area (Å²) < 4.78 is 8.12. The van der Waals surface area contributed by atoms with Crippen molar-refractivity contribution in [1.29, 1.82) is 0 Å². The van der Waals surface area contributed by atoms with Crippen LogP contribution in [0.5, 0.6) is 0 Å². The van der Waals surface area contributed by atoms with E-state index in [2.05, 4.69) is 44.2 Å². The second-order valence-electron chi connectivity index (χ2n) is 6.46. The highest BCUT2D eigenvalue weighted by molar-refractivity contribution is 7.80. The third-order valence-corrected chi connectivity index (χ3v) is 5.34. The lowest BCUT2D eigenvalue weighted by Crippen LogP contribution is -2.27. The van der Waals surface area contributed by atoms with E-state index in [9.17, 15) is 0 Å². The van der Waals surface area contributed by atoms with Gasteiger partial charge in [0.15, 0.2) is 5.11 Å². The number of rotatable bonds is 4. The van der Waals surface area contributed by atoms with E-state index in [4.69, 9.17) is 17.0 Å². The van der Waals surface area contributed by atoms with Gasteiger partial charge in [0.2, 0.25) is 0 Å². The van der Waals surface area contributed by atoms with E-state index >= 15 is 0 Å². The number of thiocarbonyl (C=S) groups is 1. The monoisotopic (exact) mass is 342 g/mol. The summed E-state index contributed by atoms with van der Waals surface area (Å²) in [4.78, 5) is 6.67. The highest BCUT2D eigenvalue weighted by Crippen LogP contribution is 2.37. The second-order valence-corrected chi connectivity index (χ2v) is 6.84. The van der Waals surface area contributed by atoms with Crippen molar-refractivity contribution in [2.75, 3.05) is 13.7 Å². The van der Waals surface area contributed by atoms with Gasteiger partial charge in [-0.3, -0.25) is 4.98 Å². The minimum atomic E-state index is 0.0573. The number of pyridine rings is 1. The molecule has 2 saturated heterocycles. The summed E-state index contributed by atoms with van der Waals surface area (Å²) in [6.45, 7) is 1.78. The van der Waals surface area contributed by atoms with E-state index in [1.54, 1.807) is 0 Å². The van der Waals surface area contributed by atoms with Gasteiger partial charge in [0.25, 0.3) is 0 Å². The first kappa shape index (κ1) is 15.6. The normalized spacial score (nSPS) is 26.8. The van der Waals surface area contributed by atoms with Crippen molar-refractivity contribution in [2.45, 2.75) is 37.6 Å². The third kappa shape index (κ3) is 2.80. The smallest absolute Gasteiger partial charge is 0.169 e. The van der Waals surface area contributed by atoms with Crippen LogP contribution >= 0.6 is 12.2 Å². The van der Waals surface area contributed by atoms with Crippen molar-refractivity contribution < 1.29 is 4.74 Å². The highest BCUT2D eigenvalue weighted by atomic mass is 32.1. The molecule has 0 amide bonds. The number of nitrogens with zero attached hydrogens (tertiary/aromatic N) is 3. The fourth-order valence-electron chi connectivity index (χ4n) is 3.70. The van der Waals surface area contributed by atoms with Crippen molar-refractivity contribution in [3.63, 3.8) is 0 Å². The molecule has 0 spiro atoms. The maximum Gasteiger partial charge on any atom is 0.169 e. The summed E-state index contributed by atoms with van der Waals surface area (Å²) in [5.74, 6) is 0. The Labute approximate surface area is 147 Å². The van der Waals surface area contributed by atoms with Crippen LogP contribution in [-0.4, -0.2) is 39.3 Å². The molecule has 2 fully saturated rings. The van der Waals surface area contributed by atoms with Crippen LogP contribution < -0.4 is 5.32 Å². The highest BCUT2D eigenvalue weighted by Gasteiger charge is 2.39. The lowest BCUT2D eigenvalue weighted by atomic mass is 10.0. The molecule has 0 saturated carbocycles. The Bertz CT molecular complexity index is 711. The minimum absolute atomic E-state index is 0.0573. The first-order valence-corrected chi connectivity index (χ1v) is 8.86. The molecule has 0 unspecified atom stereocenters. The molecule has 4 heterocycles. The van der Waals surface area contributed by atoms with Crippen molar-refractivity contribution in [2.24, 2.45) is 0 Å². The molecule has 2 aromatic rings. The topological polar surface area (TPSA) is 42.3 Å². The van der Waals surface area contributed by atoms with Crippen LogP contribution in [0.3, 0.4) is 0 Å². The molecule has 126 valence electrons. The van der Waals surface area contributed by atoms with Crippen LogP contribution in [0, 0.1) is 0 Å². The van der Waals surface area contributed by atoms with Crippen LogP contribution in [0.1, 0.15) is 36.3 Å². The molecule has 4 rings (SSSR count). The zero-order chi connectivity index (χ0) is 16.5. The third-order valence-electron chi connectivity index (χ3n) is 4.93. The molecule has 0 aliphatic carbocycles. The maximum atomic E-state index is 5.82. The lowest BCUT2D eigenvalue weighted by Gasteiger charge is -2.26. The predicted octanol–water partition coefficient (Wildman–Crippen LogP) is 2.66. The van der Waals surface area contributed by atoms with Crippen LogP contribution in [0.2, 0.25) is 0 Å². The van der Waals surface area contributed by atoms with Crippen LogP contribution in [0.15, 0.2) is 42.7 Å². The number of likely N-dealkylation sites (N-methyl/N-ethyl adjacent to an activating group) is 1. The van der Waals surface area contributed by atoms with Crippen molar-refractivity contribution >= 4 is 17.3 Å². The Morgan fingerprint density at radius 1 is 1.33 bits per heavy atom. The van der Waals surface area contributed by atoms with Gasteiger partial charge in [-0.1, -0.05) is 6.07 Å². The molecule has 2 aromatic heterocycles. The van der Waals surface area contributed by atoms with E-state index in [0.717, 1.165) is 36.8 Å². The number of ether oxygens (including phenoxy) is 1. The molecule has 24 heavy (non-hydrogen) atoms. The number of hydrogen-bond acceptors (Lipinski definition) is 3. The second kappa shape index (κ2) is 6.53. The molecule has 2 aliphatic rings. The van der Waals surface area contributed by atoms with Crippen LogP contribution in [-0.2, 0) is 11.3 Å². The molecule has 5 nitrogen and oxygen atoms in total. The van der Waals surface area contributed by atoms with E-state index < -0.39 is 0 Å². The zero-order valence-electron chi connectivity index (χ0n) is 13.8. The van der Waals surface area contributed by atoms with E-state index in [1.165, 1.54) is 5.69 Å². The summed E-state index contributed by atoms with van der Waals surface area (Å²) >= 11 is 5.51. The van der Waals surface area contributed by atoms with Gasteiger partial charge < -0.3 is 19.5 Å². The molecule has 3 atom stereocenters. The largest absolute Gasteiger partial charge is 0.376 e. The Kier molecular flexibility index (Phi) is 4.24. The molecule has 2 aliphatic heterocycles. The summed E-state index contributed by atoms with van der Waals surface area (Å²) in [6, 6.07) is 10.5. The summed E-state index contributed by atoms with van der Waals surface area (Å²) in [6.07, 6.45) is 6.59. The summed E-state index contributed by atoms with van der Waals surface area (Å²) in [5, 5.41) is 4.19. The lowest BCUT2D eigenvalue weighted by molar-refractivity contribution is 0.0955. The molecule has 0 bridgehead atoms. The molecule has 6 heteroatoms. The maximum absolute atomic E-state index is 5.82. The fraction of sp³-hybridized carbons (Fsp3) is 0.444. The Hall–Kier alpha value is -1.92. The van der Waals surface area contributed by atoms with Crippen molar-refractivity contribution in [3.8, 4) is 0 Å². The molecule has 0 aromatic carbocycles. The van der Waals surface area contributed by atoms with Gasteiger partial charge in [0.05, 0.1) is 23.9 Å². The number of hydrogen-bond donors (Lipinski definition) is 1. The molecule has 0 radical (unpaired) electrons. The standard InChI is InChI=1S/C18H22N4OS/c1-21-17(16(20-18(21)24)14-7-2-3-9-19-14)15-8-4-10-22(15)12-13-6-5-11-23-13/h2-4,7-10,13,16-17H,5-6,11-12H2,1H3,(H,20,24)/t13-,16+,17+/m0/s1. The summed E-state index contributed by atoms with van der Waals surface area (Å²) in [7, 11) is 2.05. The van der Waals surface area contributed by atoms with Gasteiger partial charge in [0, 0.05) is 38.3 Å². The average molecular weight is 342 g/mol. The Morgan fingerprint density at radius 3 is 3.00 bits per heavy atom. The van der Waals surface area contributed by atoms with E-state index in [-0.39, 0.29) is 12.1 Å².